The van der Waals surface area contributed by atoms with E-state index in [1.807, 2.05) is 6.92 Å². The van der Waals surface area contributed by atoms with Crippen molar-refractivity contribution in [3.63, 3.8) is 0 Å². The molecule has 1 atom stereocenters. The van der Waals surface area contributed by atoms with Gasteiger partial charge in [0.05, 0.1) is 18.3 Å². The van der Waals surface area contributed by atoms with Gasteiger partial charge in [0.2, 0.25) is 5.91 Å². The predicted molar refractivity (Wildman–Crippen MR) is 113 cm³/mol. The second-order valence-corrected chi connectivity index (χ2v) is 7.63. The molecule has 2 aromatic rings. The Kier molecular flexibility index (Phi) is 7.45. The lowest BCUT2D eigenvalue weighted by Gasteiger charge is -2.21. The number of nitrogens with zero attached hydrogens (tertiary/aromatic N) is 1. The summed E-state index contributed by atoms with van der Waals surface area (Å²) in [7, 11) is 0. The third-order valence-electron chi connectivity index (χ3n) is 4.62. The van der Waals surface area contributed by atoms with Gasteiger partial charge < -0.3 is 15.4 Å². The number of imide groups is 1. The first kappa shape index (κ1) is 22.5. The molecule has 164 valence electrons. The first-order chi connectivity index (χ1) is 14.9. The van der Waals surface area contributed by atoms with Crippen LogP contribution in [0.2, 0.25) is 0 Å². The maximum absolute atomic E-state index is 12.7. The molecule has 2 aromatic carbocycles. The molecule has 1 aliphatic heterocycles. The summed E-state index contributed by atoms with van der Waals surface area (Å²) in [6.45, 7) is -0.968. The molecule has 0 radical (unpaired) electrons. The zero-order chi connectivity index (χ0) is 22.4. The summed E-state index contributed by atoms with van der Waals surface area (Å²) in [6, 6.07) is 12.0. The molecule has 1 fully saturated rings. The number of thioether (sulfide) groups is 1. The predicted octanol–water partition coefficient (Wildman–Crippen LogP) is 4.76. The van der Waals surface area contributed by atoms with Crippen LogP contribution in [0.3, 0.4) is 0 Å². The van der Waals surface area contributed by atoms with Crippen LogP contribution in [0.4, 0.5) is 24.1 Å². The van der Waals surface area contributed by atoms with Crippen molar-refractivity contribution in [2.45, 2.75) is 32.5 Å². The minimum absolute atomic E-state index is 0.0122. The average molecular weight is 449 g/mol. The van der Waals surface area contributed by atoms with E-state index in [-0.39, 0.29) is 29.2 Å². The number of nitrogens with one attached hydrogen (secondary N) is 2. The average Bonchev–Trinajstić information content (AvgIpc) is 3.05. The Morgan fingerprint density at radius 1 is 1.16 bits per heavy atom. The molecule has 1 aliphatic rings. The van der Waals surface area contributed by atoms with Gasteiger partial charge in [0.15, 0.2) is 0 Å². The highest BCUT2D eigenvalue weighted by molar-refractivity contribution is 8.14. The lowest BCUT2D eigenvalue weighted by atomic mass is 10.0. The quantitative estimate of drug-likeness (QED) is 0.607. The molecule has 1 unspecified atom stereocenters. The summed E-state index contributed by atoms with van der Waals surface area (Å²) in [4.78, 5) is 37.0. The Labute approximate surface area is 182 Å². The molecule has 31 heavy (non-hydrogen) atoms. The van der Waals surface area contributed by atoms with E-state index in [1.54, 1.807) is 42.5 Å². The topological polar surface area (TPSA) is 87.7 Å². The van der Waals surface area contributed by atoms with Crippen LogP contribution in [0.25, 0.3) is 0 Å². The first-order valence-electron chi connectivity index (χ1n) is 9.54. The van der Waals surface area contributed by atoms with Crippen LogP contribution >= 0.6 is 11.8 Å². The highest BCUT2D eigenvalue weighted by atomic mass is 32.2. The number of hydrogen-bond acceptors (Lipinski definition) is 5. The molecule has 2 N–H and O–H groups in total. The molecule has 7 nitrogen and oxygen atoms in total. The van der Waals surface area contributed by atoms with Crippen molar-refractivity contribution in [1.29, 1.82) is 0 Å². The number of alkyl halides is 2. The fourth-order valence-corrected chi connectivity index (χ4v) is 3.83. The molecular formula is C21H21F2N3O4S. The van der Waals surface area contributed by atoms with Gasteiger partial charge in [-0.25, -0.2) is 4.79 Å². The zero-order valence-corrected chi connectivity index (χ0v) is 17.5. The van der Waals surface area contributed by atoms with E-state index in [1.165, 1.54) is 11.0 Å². The maximum atomic E-state index is 12.7. The van der Waals surface area contributed by atoms with Crippen LogP contribution in [0.15, 0.2) is 48.5 Å². The number of carbonyl (C=O) groups is 3. The number of benzene rings is 2. The van der Waals surface area contributed by atoms with Gasteiger partial charge in [-0.15, -0.1) is 0 Å². The summed E-state index contributed by atoms with van der Waals surface area (Å²) in [5, 5.41) is 5.17. The van der Waals surface area contributed by atoms with Gasteiger partial charge in [-0.05, 0) is 30.2 Å². The number of halogens is 2. The molecule has 0 aliphatic carbocycles. The van der Waals surface area contributed by atoms with Crippen LogP contribution in [0, 0.1) is 0 Å². The van der Waals surface area contributed by atoms with Gasteiger partial charge in [0.25, 0.3) is 5.24 Å². The van der Waals surface area contributed by atoms with Crippen molar-refractivity contribution in [2.75, 3.05) is 11.1 Å². The normalized spacial score (nSPS) is 14.6. The Bertz CT molecular complexity index is 940. The van der Waals surface area contributed by atoms with E-state index in [0.717, 1.165) is 17.3 Å². The Balaban J connectivity index is 1.61. The third kappa shape index (κ3) is 5.94. The number of carbonyl (C=O) groups excluding carboxylic acids is 3. The number of urea groups is 1. The smallest absolute Gasteiger partial charge is 0.387 e. The Hall–Kier alpha value is -3.14. The lowest BCUT2D eigenvalue weighted by molar-refractivity contribution is -0.125. The van der Waals surface area contributed by atoms with E-state index in [4.69, 9.17) is 0 Å². The molecule has 4 amide bonds. The number of amides is 4. The van der Waals surface area contributed by atoms with Crippen LogP contribution in [0.5, 0.6) is 5.75 Å². The number of anilines is 1. The van der Waals surface area contributed by atoms with Crippen molar-refractivity contribution in [1.82, 2.24) is 10.2 Å². The van der Waals surface area contributed by atoms with Crippen molar-refractivity contribution in [3.8, 4) is 5.75 Å². The summed E-state index contributed by atoms with van der Waals surface area (Å²) < 4.78 is 29.9. The SMILES string of the molecule is CCC(NC(=O)Nc1ccc(CN2C(=O)CSC2=O)cc1)c1ccccc1OC(F)F. The molecule has 1 heterocycles. The minimum Gasteiger partial charge on any atom is -0.434 e. The van der Waals surface area contributed by atoms with Crippen molar-refractivity contribution < 1.29 is 27.9 Å². The fraction of sp³-hybridized carbons (Fsp3) is 0.286. The second kappa shape index (κ2) is 10.3. The van der Waals surface area contributed by atoms with Gasteiger partial charge in [-0.1, -0.05) is 49.0 Å². The standard InChI is InChI=1S/C21H21F2N3O4S/c1-2-16(15-5-3-4-6-17(15)30-19(22)23)25-20(28)24-14-9-7-13(8-10-14)11-26-18(27)12-31-21(26)29/h3-10,16,19H,2,11-12H2,1H3,(H2,24,25,28). The van der Waals surface area contributed by atoms with E-state index in [2.05, 4.69) is 15.4 Å². The summed E-state index contributed by atoms with van der Waals surface area (Å²) in [6.07, 6.45) is 0.464. The summed E-state index contributed by atoms with van der Waals surface area (Å²) in [5.74, 6) is -0.0561. The van der Waals surface area contributed by atoms with E-state index in [0.29, 0.717) is 17.7 Å². The second-order valence-electron chi connectivity index (χ2n) is 6.71. The molecule has 10 heteroatoms. The summed E-state index contributed by atoms with van der Waals surface area (Å²) in [5.41, 5.74) is 1.70. The van der Waals surface area contributed by atoms with Crippen molar-refractivity contribution >= 4 is 34.6 Å². The monoisotopic (exact) mass is 449 g/mol. The summed E-state index contributed by atoms with van der Waals surface area (Å²) >= 11 is 0.976. The van der Waals surface area contributed by atoms with Gasteiger partial charge in [0.1, 0.15) is 5.75 Å². The zero-order valence-electron chi connectivity index (χ0n) is 16.6. The molecule has 0 spiro atoms. The Morgan fingerprint density at radius 3 is 2.48 bits per heavy atom. The Morgan fingerprint density at radius 2 is 1.87 bits per heavy atom. The number of ether oxygens (including phenoxy) is 1. The molecule has 3 rings (SSSR count). The van der Waals surface area contributed by atoms with Gasteiger partial charge in [-0.2, -0.15) is 8.78 Å². The highest BCUT2D eigenvalue weighted by Gasteiger charge is 2.29. The number of hydrogen-bond donors (Lipinski definition) is 2. The largest absolute Gasteiger partial charge is 0.434 e. The maximum Gasteiger partial charge on any atom is 0.387 e. The van der Waals surface area contributed by atoms with Crippen LogP contribution in [-0.4, -0.2) is 34.4 Å². The first-order valence-corrected chi connectivity index (χ1v) is 10.5. The van der Waals surface area contributed by atoms with E-state index < -0.39 is 18.7 Å². The molecule has 0 aromatic heterocycles. The van der Waals surface area contributed by atoms with E-state index >= 15 is 0 Å². The lowest BCUT2D eigenvalue weighted by Crippen LogP contribution is -2.32. The fourth-order valence-electron chi connectivity index (χ4n) is 3.11. The molecular weight excluding hydrogens is 428 g/mol. The highest BCUT2D eigenvalue weighted by Crippen LogP contribution is 2.28. The van der Waals surface area contributed by atoms with E-state index in [9.17, 15) is 23.2 Å². The van der Waals surface area contributed by atoms with Crippen LogP contribution in [-0.2, 0) is 11.3 Å². The van der Waals surface area contributed by atoms with Crippen LogP contribution < -0.4 is 15.4 Å². The number of para-hydroxylation sites is 1. The van der Waals surface area contributed by atoms with Gasteiger partial charge >= 0.3 is 12.6 Å². The third-order valence-corrected chi connectivity index (χ3v) is 5.48. The van der Waals surface area contributed by atoms with Crippen molar-refractivity contribution in [2.24, 2.45) is 0 Å². The van der Waals surface area contributed by atoms with Crippen LogP contribution in [0.1, 0.15) is 30.5 Å². The number of rotatable bonds is 8. The molecule has 0 bridgehead atoms. The van der Waals surface area contributed by atoms with Gasteiger partial charge in [-0.3, -0.25) is 14.5 Å². The van der Waals surface area contributed by atoms with Gasteiger partial charge in [0, 0.05) is 11.3 Å². The molecule has 0 saturated carbocycles. The van der Waals surface area contributed by atoms with Crippen molar-refractivity contribution in [3.05, 3.63) is 59.7 Å². The molecule has 1 saturated heterocycles. The minimum atomic E-state index is -2.96.